The highest BCUT2D eigenvalue weighted by Crippen LogP contribution is 2.17. The summed E-state index contributed by atoms with van der Waals surface area (Å²) >= 11 is 1.43. The molecule has 0 spiro atoms. The summed E-state index contributed by atoms with van der Waals surface area (Å²) in [6.45, 7) is 0.136. The largest absolute Gasteiger partial charge is 0.465 e. The first-order valence-corrected chi connectivity index (χ1v) is 10.9. The van der Waals surface area contributed by atoms with Crippen LogP contribution in [0, 0.1) is 0 Å². The molecule has 0 unspecified atom stereocenters. The van der Waals surface area contributed by atoms with E-state index in [0.717, 1.165) is 10.5 Å². The molecule has 4 aromatic rings. The van der Waals surface area contributed by atoms with Crippen LogP contribution in [0.4, 0.5) is 5.69 Å². The minimum absolute atomic E-state index is 0.136. The van der Waals surface area contributed by atoms with Gasteiger partial charge in [-0.15, -0.1) is 11.3 Å². The number of benzene rings is 2. The first-order chi connectivity index (χ1) is 16.0. The van der Waals surface area contributed by atoms with Crippen molar-refractivity contribution in [1.82, 2.24) is 14.7 Å². The molecule has 2 amide bonds. The molecule has 9 heteroatoms. The van der Waals surface area contributed by atoms with Crippen molar-refractivity contribution in [3.05, 3.63) is 94.8 Å². The number of methoxy groups -OCH3 is 1. The lowest BCUT2D eigenvalue weighted by atomic mass is 10.1. The first kappa shape index (κ1) is 22.0. The van der Waals surface area contributed by atoms with Crippen molar-refractivity contribution in [2.45, 2.75) is 6.54 Å². The number of carbonyl (C=O) groups excluding carboxylic acids is 3. The summed E-state index contributed by atoms with van der Waals surface area (Å²) in [6.07, 6.45) is 6.57. The minimum Gasteiger partial charge on any atom is -0.465 e. The van der Waals surface area contributed by atoms with E-state index >= 15 is 0 Å². The van der Waals surface area contributed by atoms with Gasteiger partial charge in [-0.2, -0.15) is 0 Å². The third-order valence-electron chi connectivity index (χ3n) is 4.69. The molecule has 0 aliphatic rings. The van der Waals surface area contributed by atoms with Gasteiger partial charge in [0, 0.05) is 36.1 Å². The molecule has 0 saturated carbocycles. The fourth-order valence-corrected chi connectivity index (χ4v) is 3.83. The van der Waals surface area contributed by atoms with E-state index in [4.69, 9.17) is 4.74 Å². The molecule has 166 valence electrons. The Balaban J connectivity index is 1.47. The molecule has 33 heavy (non-hydrogen) atoms. The van der Waals surface area contributed by atoms with Crippen LogP contribution in [-0.4, -0.2) is 34.3 Å². The van der Waals surface area contributed by atoms with Crippen LogP contribution in [0.2, 0.25) is 0 Å². The Bertz CT molecular complexity index is 1310. The molecule has 8 nitrogen and oxygen atoms in total. The van der Waals surface area contributed by atoms with Gasteiger partial charge in [0.05, 0.1) is 12.7 Å². The number of aromatic nitrogens is 2. The number of esters is 1. The van der Waals surface area contributed by atoms with Gasteiger partial charge in [0.15, 0.2) is 4.96 Å². The molecule has 0 saturated heterocycles. The summed E-state index contributed by atoms with van der Waals surface area (Å²) in [5.41, 5.74) is 2.47. The number of fused-ring (bicyclic) bond motifs is 1. The fraction of sp³-hybridized carbons (Fsp3) is 0.0833. The van der Waals surface area contributed by atoms with E-state index in [2.05, 4.69) is 15.6 Å². The molecule has 0 radical (unpaired) electrons. The Morgan fingerprint density at radius 1 is 1.15 bits per heavy atom. The second-order valence-electron chi connectivity index (χ2n) is 7.05. The normalized spacial score (nSPS) is 10.9. The third kappa shape index (κ3) is 5.52. The van der Waals surface area contributed by atoms with Crippen LogP contribution in [0.5, 0.6) is 0 Å². The van der Waals surface area contributed by atoms with Crippen LogP contribution >= 0.6 is 11.3 Å². The van der Waals surface area contributed by atoms with Crippen molar-refractivity contribution in [3.8, 4) is 0 Å². The zero-order chi connectivity index (χ0) is 23.2. The average Bonchev–Trinajstić information content (AvgIpc) is 3.44. The molecular formula is C24H20N4O4S. The molecule has 2 aromatic heterocycles. The van der Waals surface area contributed by atoms with Crippen molar-refractivity contribution in [3.63, 3.8) is 0 Å². The number of nitrogens with one attached hydrogen (secondary N) is 2. The van der Waals surface area contributed by atoms with Crippen LogP contribution in [0.1, 0.15) is 32.0 Å². The standard InChI is InChI=1S/C24H20N4O4S/c1-32-23(31)18-11-17(14-25-22(30)20-15-28-9-10-33-24(28)27-20)12-19(13-18)26-21(29)8-7-16-5-3-2-4-6-16/h2-13,15H,14H2,1H3,(H,25,30)(H,26,29)/b8-7+. The van der Waals surface area contributed by atoms with Crippen molar-refractivity contribution < 1.29 is 19.1 Å². The summed E-state index contributed by atoms with van der Waals surface area (Å²) in [7, 11) is 1.28. The van der Waals surface area contributed by atoms with Gasteiger partial charge in [0.1, 0.15) is 5.69 Å². The topological polar surface area (TPSA) is 102 Å². The van der Waals surface area contributed by atoms with Gasteiger partial charge in [-0.25, -0.2) is 9.78 Å². The number of hydrogen-bond acceptors (Lipinski definition) is 6. The Labute approximate surface area is 193 Å². The first-order valence-electron chi connectivity index (χ1n) is 9.98. The maximum atomic E-state index is 12.5. The zero-order valence-electron chi connectivity index (χ0n) is 17.6. The average molecular weight is 461 g/mol. The molecule has 2 N–H and O–H groups in total. The lowest BCUT2D eigenvalue weighted by Crippen LogP contribution is -2.23. The van der Waals surface area contributed by atoms with Crippen LogP contribution in [0.25, 0.3) is 11.0 Å². The van der Waals surface area contributed by atoms with E-state index in [1.54, 1.807) is 28.8 Å². The molecule has 4 rings (SSSR count). The molecule has 2 aromatic carbocycles. The SMILES string of the molecule is COC(=O)c1cc(CNC(=O)c2cn3ccsc3n2)cc(NC(=O)/C=C/c2ccccc2)c1. The van der Waals surface area contributed by atoms with Crippen LogP contribution in [0.3, 0.4) is 0 Å². The summed E-state index contributed by atoms with van der Waals surface area (Å²) < 4.78 is 6.58. The van der Waals surface area contributed by atoms with Crippen LogP contribution < -0.4 is 10.6 Å². The van der Waals surface area contributed by atoms with E-state index < -0.39 is 5.97 Å². The maximum Gasteiger partial charge on any atom is 0.337 e. The Kier molecular flexibility index (Phi) is 6.61. The molecule has 0 aliphatic heterocycles. The number of ether oxygens (including phenoxy) is 1. The monoisotopic (exact) mass is 460 g/mol. The molecule has 0 atom stereocenters. The van der Waals surface area contributed by atoms with E-state index in [0.29, 0.717) is 16.9 Å². The smallest absolute Gasteiger partial charge is 0.337 e. The Morgan fingerprint density at radius 2 is 1.97 bits per heavy atom. The summed E-state index contributed by atoms with van der Waals surface area (Å²) in [5, 5.41) is 7.42. The van der Waals surface area contributed by atoms with E-state index in [9.17, 15) is 14.4 Å². The Morgan fingerprint density at radius 3 is 2.73 bits per heavy atom. The zero-order valence-corrected chi connectivity index (χ0v) is 18.5. The number of rotatable bonds is 7. The van der Waals surface area contributed by atoms with Gasteiger partial charge in [-0.05, 0) is 35.4 Å². The van der Waals surface area contributed by atoms with Crippen molar-refractivity contribution in [2.24, 2.45) is 0 Å². The van der Waals surface area contributed by atoms with Gasteiger partial charge in [0.2, 0.25) is 5.91 Å². The quantitative estimate of drug-likeness (QED) is 0.323. The van der Waals surface area contributed by atoms with Crippen molar-refractivity contribution >= 4 is 45.8 Å². The number of amides is 2. The highest BCUT2D eigenvalue weighted by atomic mass is 32.1. The number of thiazole rings is 1. The summed E-state index contributed by atoms with van der Waals surface area (Å²) in [6, 6.07) is 14.2. The van der Waals surface area contributed by atoms with Gasteiger partial charge < -0.3 is 15.4 Å². The minimum atomic E-state index is -0.548. The number of anilines is 1. The fourth-order valence-electron chi connectivity index (χ4n) is 3.13. The highest BCUT2D eigenvalue weighted by Gasteiger charge is 2.14. The lowest BCUT2D eigenvalue weighted by Gasteiger charge is -2.10. The summed E-state index contributed by atoms with van der Waals surface area (Å²) in [5.74, 6) is -1.24. The van der Waals surface area contributed by atoms with E-state index in [1.807, 2.05) is 41.9 Å². The predicted octanol–water partition coefficient (Wildman–Crippen LogP) is 3.76. The van der Waals surface area contributed by atoms with Gasteiger partial charge in [-0.3, -0.25) is 14.0 Å². The second kappa shape index (κ2) is 9.92. The Hall–Kier alpha value is -4.24. The lowest BCUT2D eigenvalue weighted by molar-refractivity contribution is -0.111. The number of hydrogen-bond donors (Lipinski definition) is 2. The maximum absolute atomic E-state index is 12.5. The van der Waals surface area contributed by atoms with Crippen molar-refractivity contribution in [2.75, 3.05) is 12.4 Å². The van der Waals surface area contributed by atoms with Gasteiger partial charge >= 0.3 is 5.97 Å². The molecular weight excluding hydrogens is 440 g/mol. The second-order valence-corrected chi connectivity index (χ2v) is 7.92. The van der Waals surface area contributed by atoms with Gasteiger partial charge in [-0.1, -0.05) is 30.3 Å². The number of imidazole rings is 1. The molecule has 0 fully saturated rings. The molecule has 0 aliphatic carbocycles. The van der Waals surface area contributed by atoms with Crippen molar-refractivity contribution in [1.29, 1.82) is 0 Å². The number of nitrogens with zero attached hydrogens (tertiary/aromatic N) is 2. The summed E-state index contributed by atoms with van der Waals surface area (Å²) in [4.78, 5) is 42.0. The van der Waals surface area contributed by atoms with Crippen LogP contribution in [0.15, 0.2) is 72.4 Å². The predicted molar refractivity (Wildman–Crippen MR) is 126 cm³/mol. The third-order valence-corrected chi connectivity index (χ3v) is 5.46. The number of carbonyl (C=O) groups is 3. The van der Waals surface area contributed by atoms with Crippen LogP contribution in [-0.2, 0) is 16.1 Å². The molecule has 2 heterocycles. The van der Waals surface area contributed by atoms with E-state index in [1.165, 1.54) is 30.6 Å². The molecule has 0 bridgehead atoms. The van der Waals surface area contributed by atoms with Gasteiger partial charge in [0.25, 0.3) is 5.91 Å². The van der Waals surface area contributed by atoms with E-state index in [-0.39, 0.29) is 23.9 Å². The highest BCUT2D eigenvalue weighted by molar-refractivity contribution is 7.15.